The molecule has 0 amide bonds. The van der Waals surface area contributed by atoms with Crippen LogP contribution in [-0.2, 0) is 6.42 Å². The van der Waals surface area contributed by atoms with Crippen molar-refractivity contribution in [2.45, 2.75) is 13.3 Å². The van der Waals surface area contributed by atoms with Gasteiger partial charge in [-0.15, -0.1) is 0 Å². The van der Waals surface area contributed by atoms with Gasteiger partial charge in [0.1, 0.15) is 5.75 Å². The van der Waals surface area contributed by atoms with E-state index in [9.17, 15) is 0 Å². The summed E-state index contributed by atoms with van der Waals surface area (Å²) in [6.45, 7) is 1.95. The number of anilines is 2. The summed E-state index contributed by atoms with van der Waals surface area (Å²) in [6.07, 6.45) is 0.883. The number of nitrogens with zero attached hydrogens (tertiary/aromatic N) is 1. The summed E-state index contributed by atoms with van der Waals surface area (Å²) >= 11 is 3.43. The molecule has 0 aliphatic heterocycles. The fourth-order valence-electron chi connectivity index (χ4n) is 1.68. The van der Waals surface area contributed by atoms with E-state index in [4.69, 9.17) is 9.26 Å². The third-order valence-electron chi connectivity index (χ3n) is 2.68. The fraction of sp³-hybridized carbons (Fsp3) is 0.308. The van der Waals surface area contributed by atoms with Crippen LogP contribution >= 0.6 is 15.9 Å². The number of hydrogen-bond donors (Lipinski definition) is 1. The lowest BCUT2D eigenvalue weighted by Gasteiger charge is -2.05. The smallest absolute Gasteiger partial charge is 0.232 e. The number of methoxy groups -OCH3 is 1. The van der Waals surface area contributed by atoms with Crippen molar-refractivity contribution < 1.29 is 9.26 Å². The number of hydrogen-bond acceptors (Lipinski definition) is 4. The summed E-state index contributed by atoms with van der Waals surface area (Å²) in [7, 11) is 1.65. The van der Waals surface area contributed by atoms with Gasteiger partial charge in [-0.25, -0.2) is 0 Å². The third kappa shape index (κ3) is 2.85. The van der Waals surface area contributed by atoms with E-state index in [1.807, 2.05) is 31.2 Å². The molecule has 2 rings (SSSR count). The number of ether oxygens (including phenoxy) is 1. The lowest BCUT2D eigenvalue weighted by atomic mass is 10.2. The first-order chi connectivity index (χ1) is 8.74. The van der Waals surface area contributed by atoms with E-state index in [0.717, 1.165) is 34.4 Å². The van der Waals surface area contributed by atoms with Crippen molar-refractivity contribution in [2.24, 2.45) is 0 Å². The Kier molecular flexibility index (Phi) is 4.25. The van der Waals surface area contributed by atoms with Crippen molar-refractivity contribution in [3.05, 3.63) is 35.5 Å². The zero-order valence-electron chi connectivity index (χ0n) is 10.4. The van der Waals surface area contributed by atoms with Gasteiger partial charge in [-0.1, -0.05) is 21.1 Å². The van der Waals surface area contributed by atoms with Crippen molar-refractivity contribution in [2.75, 3.05) is 17.8 Å². The summed E-state index contributed by atoms with van der Waals surface area (Å²) in [5.74, 6) is 1.53. The topological polar surface area (TPSA) is 47.3 Å². The first-order valence-corrected chi connectivity index (χ1v) is 6.79. The molecule has 4 nitrogen and oxygen atoms in total. The summed E-state index contributed by atoms with van der Waals surface area (Å²) in [6, 6.07) is 7.68. The number of aromatic nitrogens is 1. The van der Waals surface area contributed by atoms with Crippen LogP contribution in [0.2, 0.25) is 0 Å². The van der Waals surface area contributed by atoms with Crippen molar-refractivity contribution >= 4 is 27.5 Å². The molecule has 2 aromatic rings. The highest BCUT2D eigenvalue weighted by Crippen LogP contribution is 2.25. The summed E-state index contributed by atoms with van der Waals surface area (Å²) < 4.78 is 10.4. The highest BCUT2D eigenvalue weighted by atomic mass is 79.9. The minimum absolute atomic E-state index is 0.706. The molecule has 0 aliphatic carbocycles. The maximum Gasteiger partial charge on any atom is 0.232 e. The van der Waals surface area contributed by atoms with Gasteiger partial charge in [0.15, 0.2) is 0 Å². The molecule has 0 saturated carbocycles. The maximum absolute atomic E-state index is 5.30. The van der Waals surface area contributed by atoms with Gasteiger partial charge < -0.3 is 14.6 Å². The lowest BCUT2D eigenvalue weighted by Crippen LogP contribution is -1.95. The Balaban J connectivity index is 2.17. The van der Waals surface area contributed by atoms with Crippen molar-refractivity contribution in [3.8, 4) is 5.75 Å². The molecule has 1 aromatic heterocycles. The van der Waals surface area contributed by atoms with Crippen molar-refractivity contribution in [3.63, 3.8) is 0 Å². The van der Waals surface area contributed by atoms with Gasteiger partial charge in [-0.2, -0.15) is 0 Å². The standard InChI is InChI=1S/C13H15BrN2O2/c1-9-12(7-8-14)13(18-16-9)15-10-3-5-11(17-2)6-4-10/h3-6,15H,7-8H2,1-2H3. The Hall–Kier alpha value is -1.49. The molecule has 96 valence electrons. The summed E-state index contributed by atoms with van der Waals surface area (Å²) in [5, 5.41) is 8.09. The second kappa shape index (κ2) is 5.91. The Bertz CT molecular complexity index is 508. The Morgan fingerprint density at radius 3 is 2.67 bits per heavy atom. The summed E-state index contributed by atoms with van der Waals surface area (Å²) in [5.41, 5.74) is 2.97. The predicted molar refractivity (Wildman–Crippen MR) is 75.0 cm³/mol. The predicted octanol–water partition coefficient (Wildman–Crippen LogP) is 3.67. The van der Waals surface area contributed by atoms with E-state index in [2.05, 4.69) is 26.4 Å². The van der Waals surface area contributed by atoms with Gasteiger partial charge in [-0.05, 0) is 37.6 Å². The molecule has 0 bridgehead atoms. The van der Waals surface area contributed by atoms with Crippen LogP contribution in [0.15, 0.2) is 28.8 Å². The van der Waals surface area contributed by atoms with Crippen LogP contribution in [0.5, 0.6) is 5.75 Å². The van der Waals surface area contributed by atoms with Crippen LogP contribution in [0.3, 0.4) is 0 Å². The molecule has 0 fully saturated rings. The molecule has 0 aliphatic rings. The number of halogens is 1. The Morgan fingerprint density at radius 1 is 1.33 bits per heavy atom. The zero-order valence-corrected chi connectivity index (χ0v) is 12.0. The minimum Gasteiger partial charge on any atom is -0.497 e. The molecule has 18 heavy (non-hydrogen) atoms. The third-order valence-corrected chi connectivity index (χ3v) is 3.07. The van der Waals surface area contributed by atoms with Gasteiger partial charge in [-0.3, -0.25) is 0 Å². The van der Waals surface area contributed by atoms with E-state index < -0.39 is 0 Å². The SMILES string of the molecule is COc1ccc(Nc2onc(C)c2CCBr)cc1. The molecular weight excluding hydrogens is 296 g/mol. The molecule has 1 heterocycles. The molecule has 5 heteroatoms. The number of rotatable bonds is 5. The molecule has 0 spiro atoms. The van der Waals surface area contributed by atoms with Crippen LogP contribution in [-0.4, -0.2) is 17.6 Å². The minimum atomic E-state index is 0.706. The van der Waals surface area contributed by atoms with Gasteiger partial charge in [0.2, 0.25) is 5.88 Å². The highest BCUT2D eigenvalue weighted by Gasteiger charge is 2.12. The van der Waals surface area contributed by atoms with Crippen LogP contribution in [0.4, 0.5) is 11.6 Å². The molecule has 0 saturated heterocycles. The molecule has 0 atom stereocenters. The Labute approximate surface area is 114 Å². The lowest BCUT2D eigenvalue weighted by molar-refractivity contribution is 0.415. The number of aryl methyl sites for hydroxylation is 1. The van der Waals surface area contributed by atoms with Gasteiger partial charge in [0.05, 0.1) is 12.8 Å². The van der Waals surface area contributed by atoms with E-state index in [-0.39, 0.29) is 0 Å². The number of nitrogens with one attached hydrogen (secondary N) is 1. The number of alkyl halides is 1. The van der Waals surface area contributed by atoms with E-state index in [0.29, 0.717) is 5.88 Å². The molecule has 1 N–H and O–H groups in total. The Morgan fingerprint density at radius 2 is 2.06 bits per heavy atom. The second-order valence-corrected chi connectivity index (χ2v) is 4.66. The maximum atomic E-state index is 5.30. The molecular formula is C13H15BrN2O2. The van der Waals surface area contributed by atoms with E-state index >= 15 is 0 Å². The van der Waals surface area contributed by atoms with Crippen LogP contribution in [0, 0.1) is 6.92 Å². The van der Waals surface area contributed by atoms with Crippen LogP contribution < -0.4 is 10.1 Å². The molecule has 1 aromatic carbocycles. The first-order valence-electron chi connectivity index (χ1n) is 5.66. The fourth-order valence-corrected chi connectivity index (χ4v) is 2.08. The van der Waals surface area contributed by atoms with Gasteiger partial charge >= 0.3 is 0 Å². The molecule has 0 unspecified atom stereocenters. The van der Waals surface area contributed by atoms with Crippen LogP contribution in [0.25, 0.3) is 0 Å². The van der Waals surface area contributed by atoms with Gasteiger partial charge in [0, 0.05) is 16.6 Å². The van der Waals surface area contributed by atoms with E-state index in [1.54, 1.807) is 7.11 Å². The second-order valence-electron chi connectivity index (χ2n) is 3.87. The summed E-state index contributed by atoms with van der Waals surface area (Å²) in [4.78, 5) is 0. The normalized spacial score (nSPS) is 10.4. The zero-order chi connectivity index (χ0) is 13.0. The van der Waals surface area contributed by atoms with Crippen LogP contribution in [0.1, 0.15) is 11.3 Å². The van der Waals surface area contributed by atoms with Crippen molar-refractivity contribution in [1.29, 1.82) is 0 Å². The monoisotopic (exact) mass is 310 g/mol. The van der Waals surface area contributed by atoms with Crippen molar-refractivity contribution in [1.82, 2.24) is 5.16 Å². The average Bonchev–Trinajstić information content (AvgIpc) is 2.73. The average molecular weight is 311 g/mol. The van der Waals surface area contributed by atoms with Gasteiger partial charge in [0.25, 0.3) is 0 Å². The molecule has 0 radical (unpaired) electrons. The quantitative estimate of drug-likeness (QED) is 0.856. The van der Waals surface area contributed by atoms with E-state index in [1.165, 1.54) is 0 Å². The first kappa shape index (κ1) is 13.0. The highest BCUT2D eigenvalue weighted by molar-refractivity contribution is 9.09. The largest absolute Gasteiger partial charge is 0.497 e. The number of benzene rings is 1.